The van der Waals surface area contributed by atoms with Crippen LogP contribution in [-0.2, 0) is 0 Å². The van der Waals surface area contributed by atoms with Gasteiger partial charge in [0.2, 0.25) is 0 Å². The van der Waals surface area contributed by atoms with E-state index in [1.807, 2.05) is 24.4 Å². The maximum Gasteiger partial charge on any atom is 0.137 e. The Morgan fingerprint density at radius 1 is 0.840 bits per heavy atom. The number of aryl methyl sites for hydroxylation is 1. The largest absolute Gasteiger partial charge is 0.294 e. The van der Waals surface area contributed by atoms with Crippen LogP contribution in [0.25, 0.3) is 10.8 Å². The highest BCUT2D eigenvalue weighted by Crippen LogP contribution is 2.38. The van der Waals surface area contributed by atoms with Crippen LogP contribution in [0.5, 0.6) is 0 Å². The van der Waals surface area contributed by atoms with E-state index in [0.29, 0.717) is 0 Å². The van der Waals surface area contributed by atoms with Crippen molar-refractivity contribution >= 4 is 43.9 Å². The van der Waals surface area contributed by atoms with Gasteiger partial charge in [-0.2, -0.15) is 0 Å². The standard InChI is InChI=1S/C22H17BrN2/c1-16-13-18(23)15-19(14-16)25(22-11-4-5-12-24-22)21-10-6-8-17-7-2-3-9-20(17)21/h2-15H,1H3. The molecule has 122 valence electrons. The average Bonchev–Trinajstić information content (AvgIpc) is 2.62. The number of benzene rings is 3. The number of nitrogens with zero attached hydrogens (tertiary/aromatic N) is 2. The first-order valence-corrected chi connectivity index (χ1v) is 8.98. The van der Waals surface area contributed by atoms with Gasteiger partial charge in [-0.25, -0.2) is 4.98 Å². The second-order valence-corrected chi connectivity index (χ2v) is 6.92. The molecule has 0 amide bonds. The van der Waals surface area contributed by atoms with Gasteiger partial charge in [0.05, 0.1) is 5.69 Å². The molecule has 25 heavy (non-hydrogen) atoms. The molecular weight excluding hydrogens is 372 g/mol. The number of rotatable bonds is 3. The molecule has 0 radical (unpaired) electrons. The summed E-state index contributed by atoms with van der Waals surface area (Å²) in [6.45, 7) is 2.11. The van der Waals surface area contributed by atoms with E-state index in [2.05, 4.69) is 93.4 Å². The van der Waals surface area contributed by atoms with Gasteiger partial charge in [-0.15, -0.1) is 0 Å². The highest BCUT2D eigenvalue weighted by molar-refractivity contribution is 9.10. The molecule has 2 nitrogen and oxygen atoms in total. The van der Waals surface area contributed by atoms with E-state index >= 15 is 0 Å². The van der Waals surface area contributed by atoms with Gasteiger partial charge in [0.15, 0.2) is 0 Å². The number of halogens is 1. The summed E-state index contributed by atoms with van der Waals surface area (Å²) in [5.74, 6) is 0.899. The lowest BCUT2D eigenvalue weighted by Gasteiger charge is -2.26. The number of pyridine rings is 1. The lowest BCUT2D eigenvalue weighted by molar-refractivity contribution is 1.18. The Hall–Kier alpha value is -2.65. The van der Waals surface area contributed by atoms with Crippen molar-refractivity contribution in [3.63, 3.8) is 0 Å². The predicted octanol–water partition coefficient (Wildman–Crippen LogP) is 6.78. The van der Waals surface area contributed by atoms with E-state index in [-0.39, 0.29) is 0 Å². The van der Waals surface area contributed by atoms with E-state index in [1.165, 1.54) is 16.3 Å². The first-order valence-electron chi connectivity index (χ1n) is 8.18. The molecule has 0 spiro atoms. The summed E-state index contributed by atoms with van der Waals surface area (Å²) in [7, 11) is 0. The van der Waals surface area contributed by atoms with Crippen LogP contribution in [0, 0.1) is 6.92 Å². The van der Waals surface area contributed by atoms with Gasteiger partial charge in [-0.1, -0.05) is 58.4 Å². The van der Waals surface area contributed by atoms with Crippen molar-refractivity contribution in [3.8, 4) is 0 Å². The van der Waals surface area contributed by atoms with Gasteiger partial charge in [0, 0.05) is 21.7 Å². The topological polar surface area (TPSA) is 16.1 Å². The summed E-state index contributed by atoms with van der Waals surface area (Å²) in [6, 6.07) is 27.3. The highest BCUT2D eigenvalue weighted by atomic mass is 79.9. The second kappa shape index (κ2) is 6.69. The number of fused-ring (bicyclic) bond motifs is 1. The lowest BCUT2D eigenvalue weighted by Crippen LogP contribution is -2.12. The third-order valence-corrected chi connectivity index (χ3v) is 4.63. The smallest absolute Gasteiger partial charge is 0.137 e. The Labute approximate surface area is 155 Å². The Morgan fingerprint density at radius 2 is 1.64 bits per heavy atom. The third-order valence-electron chi connectivity index (χ3n) is 4.17. The first kappa shape index (κ1) is 15.9. The maximum atomic E-state index is 4.61. The fourth-order valence-corrected chi connectivity index (χ4v) is 3.73. The Morgan fingerprint density at radius 3 is 2.44 bits per heavy atom. The van der Waals surface area contributed by atoms with Gasteiger partial charge < -0.3 is 0 Å². The SMILES string of the molecule is Cc1cc(Br)cc(N(c2ccccn2)c2cccc3ccccc23)c1. The van der Waals surface area contributed by atoms with Crippen LogP contribution in [0.15, 0.2) is 89.5 Å². The van der Waals surface area contributed by atoms with E-state index < -0.39 is 0 Å². The summed E-state index contributed by atoms with van der Waals surface area (Å²) in [5, 5.41) is 2.42. The molecule has 0 saturated heterocycles. The van der Waals surface area contributed by atoms with Crippen LogP contribution in [-0.4, -0.2) is 4.98 Å². The zero-order valence-corrected chi connectivity index (χ0v) is 15.4. The zero-order valence-electron chi connectivity index (χ0n) is 13.9. The quantitative estimate of drug-likeness (QED) is 0.384. The van der Waals surface area contributed by atoms with Crippen molar-refractivity contribution in [1.29, 1.82) is 0 Å². The van der Waals surface area contributed by atoms with Crippen molar-refractivity contribution in [2.45, 2.75) is 6.92 Å². The molecule has 4 rings (SSSR count). The fourth-order valence-electron chi connectivity index (χ4n) is 3.13. The Balaban J connectivity index is 2.00. The van der Waals surface area contributed by atoms with E-state index in [0.717, 1.165) is 21.7 Å². The molecule has 0 saturated carbocycles. The van der Waals surface area contributed by atoms with E-state index in [9.17, 15) is 0 Å². The highest BCUT2D eigenvalue weighted by Gasteiger charge is 2.16. The zero-order chi connectivity index (χ0) is 17.2. The summed E-state index contributed by atoms with van der Waals surface area (Å²) < 4.78 is 1.06. The average molecular weight is 389 g/mol. The van der Waals surface area contributed by atoms with Crippen molar-refractivity contribution in [2.75, 3.05) is 4.90 Å². The van der Waals surface area contributed by atoms with Crippen LogP contribution in [0.4, 0.5) is 17.2 Å². The summed E-state index contributed by atoms with van der Waals surface area (Å²) in [5.41, 5.74) is 3.40. The minimum Gasteiger partial charge on any atom is -0.294 e. The number of aromatic nitrogens is 1. The molecule has 1 aromatic heterocycles. The summed E-state index contributed by atoms with van der Waals surface area (Å²) in [6.07, 6.45) is 1.83. The molecule has 0 unspecified atom stereocenters. The van der Waals surface area contributed by atoms with Gasteiger partial charge >= 0.3 is 0 Å². The lowest BCUT2D eigenvalue weighted by atomic mass is 10.1. The minimum atomic E-state index is 0.899. The molecule has 0 fully saturated rings. The number of hydrogen-bond donors (Lipinski definition) is 0. The van der Waals surface area contributed by atoms with Crippen molar-refractivity contribution < 1.29 is 0 Å². The number of anilines is 3. The molecular formula is C22H17BrN2. The molecule has 0 aliphatic carbocycles. The van der Waals surface area contributed by atoms with E-state index in [1.54, 1.807) is 0 Å². The van der Waals surface area contributed by atoms with Gasteiger partial charge in [0.1, 0.15) is 5.82 Å². The molecule has 3 heteroatoms. The van der Waals surface area contributed by atoms with Gasteiger partial charge in [-0.05, 0) is 54.3 Å². The first-order chi connectivity index (χ1) is 12.2. The molecule has 1 heterocycles. The van der Waals surface area contributed by atoms with Crippen LogP contribution in [0.1, 0.15) is 5.56 Å². The van der Waals surface area contributed by atoms with Crippen molar-refractivity contribution in [1.82, 2.24) is 4.98 Å². The molecule has 0 aliphatic rings. The normalized spacial score (nSPS) is 10.8. The third kappa shape index (κ3) is 3.15. The molecule has 0 atom stereocenters. The fraction of sp³-hybridized carbons (Fsp3) is 0.0455. The predicted molar refractivity (Wildman–Crippen MR) is 109 cm³/mol. The van der Waals surface area contributed by atoms with Gasteiger partial charge in [0.25, 0.3) is 0 Å². The van der Waals surface area contributed by atoms with Crippen LogP contribution in [0.3, 0.4) is 0 Å². The van der Waals surface area contributed by atoms with Crippen LogP contribution in [0.2, 0.25) is 0 Å². The summed E-state index contributed by atoms with van der Waals surface area (Å²) >= 11 is 3.63. The Kier molecular flexibility index (Phi) is 4.24. The molecule has 3 aromatic carbocycles. The van der Waals surface area contributed by atoms with Crippen molar-refractivity contribution in [3.05, 3.63) is 95.1 Å². The van der Waals surface area contributed by atoms with Gasteiger partial charge in [-0.3, -0.25) is 4.90 Å². The second-order valence-electron chi connectivity index (χ2n) is 6.01. The van der Waals surface area contributed by atoms with Crippen LogP contribution >= 0.6 is 15.9 Å². The van der Waals surface area contributed by atoms with E-state index in [4.69, 9.17) is 0 Å². The van der Waals surface area contributed by atoms with Crippen molar-refractivity contribution in [2.24, 2.45) is 0 Å². The minimum absolute atomic E-state index is 0.899. The maximum absolute atomic E-state index is 4.61. The Bertz CT molecular complexity index is 1000. The molecule has 0 N–H and O–H groups in total. The summed E-state index contributed by atoms with van der Waals surface area (Å²) in [4.78, 5) is 6.82. The molecule has 0 aliphatic heterocycles. The monoisotopic (exact) mass is 388 g/mol. The van der Waals surface area contributed by atoms with Crippen LogP contribution < -0.4 is 4.90 Å². The molecule has 4 aromatic rings. The molecule has 0 bridgehead atoms. The number of hydrogen-bond acceptors (Lipinski definition) is 2.